The number of para-hydroxylation sites is 1. The lowest BCUT2D eigenvalue weighted by molar-refractivity contribution is -0.115. The van der Waals surface area contributed by atoms with Crippen LogP contribution in [0.3, 0.4) is 0 Å². The van der Waals surface area contributed by atoms with Crippen LogP contribution < -0.4 is 5.32 Å². The smallest absolute Gasteiger partial charge is 0.242 e. The van der Waals surface area contributed by atoms with E-state index < -0.39 is 5.25 Å². The molecule has 7 heteroatoms. The van der Waals surface area contributed by atoms with Gasteiger partial charge in [0.25, 0.3) is 0 Å². The van der Waals surface area contributed by atoms with Crippen molar-refractivity contribution in [2.75, 3.05) is 5.32 Å². The first-order valence-electron chi connectivity index (χ1n) is 9.42. The third-order valence-corrected chi connectivity index (χ3v) is 6.00. The van der Waals surface area contributed by atoms with Crippen molar-refractivity contribution in [3.05, 3.63) is 77.9 Å². The zero-order chi connectivity index (χ0) is 20.2. The maximum atomic E-state index is 13.4. The molecule has 0 fully saturated rings. The average molecular weight is 404 g/mol. The SMILES string of the molecule is CCc1cccc(C)c1NC(=O)C(Sc1ncnc2nc[nH]c12)c1ccccc1. The molecule has 0 aliphatic carbocycles. The van der Waals surface area contributed by atoms with E-state index in [1.807, 2.05) is 55.5 Å². The number of carbonyl (C=O) groups excluding carboxylic acids is 1. The second-order valence-corrected chi connectivity index (χ2v) is 7.73. The monoisotopic (exact) mass is 403 g/mol. The Bertz CT molecular complexity index is 1140. The van der Waals surface area contributed by atoms with Crippen LogP contribution in [0.25, 0.3) is 11.2 Å². The zero-order valence-corrected chi connectivity index (χ0v) is 17.0. The minimum absolute atomic E-state index is 0.0866. The van der Waals surface area contributed by atoms with Crippen LogP contribution >= 0.6 is 11.8 Å². The van der Waals surface area contributed by atoms with Gasteiger partial charge in [0, 0.05) is 5.69 Å². The number of benzene rings is 2. The first kappa shape index (κ1) is 19.1. The Labute approximate surface area is 173 Å². The quantitative estimate of drug-likeness (QED) is 0.360. The lowest BCUT2D eigenvalue weighted by Gasteiger charge is -2.19. The highest BCUT2D eigenvalue weighted by Gasteiger charge is 2.25. The number of aromatic nitrogens is 4. The van der Waals surface area contributed by atoms with Crippen LogP contribution in [0.2, 0.25) is 0 Å². The normalized spacial score (nSPS) is 12.1. The van der Waals surface area contributed by atoms with Gasteiger partial charge in [-0.1, -0.05) is 67.2 Å². The molecule has 2 heterocycles. The minimum Gasteiger partial charge on any atom is -0.341 e. The molecule has 0 saturated heterocycles. The Balaban J connectivity index is 1.70. The predicted molar refractivity (Wildman–Crippen MR) is 116 cm³/mol. The van der Waals surface area contributed by atoms with E-state index in [-0.39, 0.29) is 5.91 Å². The molecule has 0 radical (unpaired) electrons. The van der Waals surface area contributed by atoms with Gasteiger partial charge in [0.05, 0.1) is 6.33 Å². The molecule has 2 N–H and O–H groups in total. The number of anilines is 1. The summed E-state index contributed by atoms with van der Waals surface area (Å²) in [5, 5.41) is 3.38. The number of imidazole rings is 1. The van der Waals surface area contributed by atoms with E-state index in [1.165, 1.54) is 18.1 Å². The van der Waals surface area contributed by atoms with Crippen molar-refractivity contribution in [1.82, 2.24) is 19.9 Å². The second-order valence-electron chi connectivity index (χ2n) is 6.64. The molecule has 4 rings (SSSR count). The van der Waals surface area contributed by atoms with Gasteiger partial charge in [-0.15, -0.1) is 0 Å². The maximum Gasteiger partial charge on any atom is 0.242 e. The topological polar surface area (TPSA) is 83.6 Å². The van der Waals surface area contributed by atoms with E-state index in [2.05, 4.69) is 32.2 Å². The molecule has 1 amide bonds. The largest absolute Gasteiger partial charge is 0.341 e. The standard InChI is InChI=1S/C22H21N5OS/c1-3-15-11-7-8-14(2)17(15)27-21(28)19(16-9-5-4-6-10-16)29-22-18-20(24-12-23-18)25-13-26-22/h4-13,19H,3H2,1-2H3,(H,27,28)(H,23,24,25,26). The van der Waals surface area contributed by atoms with Crippen LogP contribution in [0.5, 0.6) is 0 Å². The molecule has 1 unspecified atom stereocenters. The first-order valence-corrected chi connectivity index (χ1v) is 10.3. The highest BCUT2D eigenvalue weighted by atomic mass is 32.2. The van der Waals surface area contributed by atoms with E-state index in [9.17, 15) is 4.79 Å². The Morgan fingerprint density at radius 3 is 2.72 bits per heavy atom. The van der Waals surface area contributed by atoms with Crippen molar-refractivity contribution in [2.45, 2.75) is 30.5 Å². The molecule has 6 nitrogen and oxygen atoms in total. The van der Waals surface area contributed by atoms with Crippen LogP contribution in [-0.4, -0.2) is 25.8 Å². The second kappa shape index (κ2) is 8.45. The van der Waals surface area contributed by atoms with Crippen LogP contribution in [0, 0.1) is 6.92 Å². The first-order chi connectivity index (χ1) is 14.2. The van der Waals surface area contributed by atoms with Gasteiger partial charge in [-0.2, -0.15) is 0 Å². The number of H-pyrrole nitrogens is 1. The van der Waals surface area contributed by atoms with Crippen LogP contribution in [0.1, 0.15) is 28.9 Å². The van der Waals surface area contributed by atoms with Crippen molar-refractivity contribution >= 4 is 34.5 Å². The van der Waals surface area contributed by atoms with Gasteiger partial charge in [-0.3, -0.25) is 4.79 Å². The van der Waals surface area contributed by atoms with Gasteiger partial charge in [0.1, 0.15) is 22.1 Å². The van der Waals surface area contributed by atoms with Crippen LogP contribution in [-0.2, 0) is 11.2 Å². The number of nitrogens with zero attached hydrogens (tertiary/aromatic N) is 3. The van der Waals surface area contributed by atoms with Gasteiger partial charge < -0.3 is 10.3 Å². The maximum absolute atomic E-state index is 13.4. The van der Waals surface area contributed by atoms with Crippen LogP contribution in [0.4, 0.5) is 5.69 Å². The highest BCUT2D eigenvalue weighted by Crippen LogP contribution is 2.37. The fourth-order valence-corrected chi connectivity index (χ4v) is 4.29. The van der Waals surface area contributed by atoms with Crippen molar-refractivity contribution < 1.29 is 4.79 Å². The lowest BCUT2D eigenvalue weighted by atomic mass is 10.1. The van der Waals surface area contributed by atoms with Gasteiger partial charge in [-0.25, -0.2) is 15.0 Å². The Morgan fingerprint density at radius 1 is 1.10 bits per heavy atom. The number of aromatic amines is 1. The number of thioether (sulfide) groups is 1. The summed E-state index contributed by atoms with van der Waals surface area (Å²) in [6, 6.07) is 15.8. The number of fused-ring (bicyclic) bond motifs is 1. The van der Waals surface area contributed by atoms with Gasteiger partial charge in [0.15, 0.2) is 5.65 Å². The average Bonchev–Trinajstić information content (AvgIpc) is 3.23. The van der Waals surface area contributed by atoms with Gasteiger partial charge in [0.2, 0.25) is 5.91 Å². The molecule has 0 saturated carbocycles. The predicted octanol–water partition coefficient (Wildman–Crippen LogP) is 4.70. The molecule has 2 aromatic carbocycles. The van der Waals surface area contributed by atoms with Crippen LogP contribution in [0.15, 0.2) is 66.2 Å². The lowest BCUT2D eigenvalue weighted by Crippen LogP contribution is -2.20. The number of hydrogen-bond donors (Lipinski definition) is 2. The molecular weight excluding hydrogens is 382 g/mol. The van der Waals surface area contributed by atoms with Crippen molar-refractivity contribution in [2.24, 2.45) is 0 Å². The van der Waals surface area contributed by atoms with Gasteiger partial charge in [-0.05, 0) is 30.0 Å². The number of carbonyl (C=O) groups is 1. The molecule has 29 heavy (non-hydrogen) atoms. The number of rotatable bonds is 6. The van der Waals surface area contributed by atoms with Gasteiger partial charge >= 0.3 is 0 Å². The minimum atomic E-state index is -0.470. The van der Waals surface area contributed by atoms with E-state index in [1.54, 1.807) is 6.33 Å². The van der Waals surface area contributed by atoms with E-state index >= 15 is 0 Å². The molecular formula is C22H21N5OS. The zero-order valence-electron chi connectivity index (χ0n) is 16.2. The number of aryl methyl sites for hydroxylation is 2. The summed E-state index contributed by atoms with van der Waals surface area (Å²) < 4.78 is 0. The fraction of sp³-hybridized carbons (Fsp3) is 0.182. The molecule has 0 spiro atoms. The third kappa shape index (κ3) is 4.00. The van der Waals surface area contributed by atoms with Crippen molar-refractivity contribution in [3.8, 4) is 0 Å². The molecule has 0 aliphatic heterocycles. The van der Waals surface area contributed by atoms with Crippen molar-refractivity contribution in [3.63, 3.8) is 0 Å². The molecule has 0 aliphatic rings. The third-order valence-electron chi connectivity index (χ3n) is 4.75. The molecule has 2 aromatic heterocycles. The molecule has 146 valence electrons. The Hall–Kier alpha value is -3.19. The van der Waals surface area contributed by atoms with E-state index in [4.69, 9.17) is 0 Å². The summed E-state index contributed by atoms with van der Waals surface area (Å²) in [7, 11) is 0. The number of hydrogen-bond acceptors (Lipinski definition) is 5. The highest BCUT2D eigenvalue weighted by molar-refractivity contribution is 8.00. The summed E-state index contributed by atoms with van der Waals surface area (Å²) in [5.41, 5.74) is 5.28. The number of amides is 1. The summed E-state index contributed by atoms with van der Waals surface area (Å²) in [6.45, 7) is 4.10. The fourth-order valence-electron chi connectivity index (χ4n) is 3.24. The Morgan fingerprint density at radius 2 is 1.93 bits per heavy atom. The summed E-state index contributed by atoms with van der Waals surface area (Å²) >= 11 is 1.39. The molecule has 4 aromatic rings. The molecule has 1 atom stereocenters. The summed E-state index contributed by atoms with van der Waals surface area (Å²) in [4.78, 5) is 29.2. The van der Waals surface area contributed by atoms with E-state index in [0.717, 1.165) is 34.3 Å². The Kier molecular flexibility index (Phi) is 5.57. The number of nitrogens with one attached hydrogen (secondary N) is 2. The van der Waals surface area contributed by atoms with E-state index in [0.29, 0.717) is 10.7 Å². The van der Waals surface area contributed by atoms with Crippen molar-refractivity contribution in [1.29, 1.82) is 0 Å². The molecule has 0 bridgehead atoms. The summed E-state index contributed by atoms with van der Waals surface area (Å²) in [6.07, 6.45) is 3.91. The summed E-state index contributed by atoms with van der Waals surface area (Å²) in [5.74, 6) is -0.0866.